The van der Waals surface area contributed by atoms with Gasteiger partial charge in [0, 0.05) is 24.0 Å². The normalized spacial score (nSPS) is 17.6. The summed E-state index contributed by atoms with van der Waals surface area (Å²) in [6, 6.07) is 11.1. The Morgan fingerprint density at radius 3 is 2.57 bits per heavy atom. The molecule has 5 nitrogen and oxygen atoms in total. The standard InChI is InChI=1S/C22H24N2O3S/c1-2-13-27-17-9-6-8-16(15-17)24-21(25)19(18-10-7-14-28-18)20(22(24)26)23-11-4-3-5-12-23/h6-10,14-15H,2-5,11-13H2,1H3. The maximum atomic E-state index is 13.4. The van der Waals surface area contributed by atoms with Crippen LogP contribution in [-0.2, 0) is 9.59 Å². The Kier molecular flexibility index (Phi) is 5.48. The first kappa shape index (κ1) is 18.7. The van der Waals surface area contributed by atoms with Crippen LogP contribution in [0.15, 0.2) is 47.5 Å². The van der Waals surface area contributed by atoms with Crippen molar-refractivity contribution in [2.24, 2.45) is 0 Å². The number of benzene rings is 1. The summed E-state index contributed by atoms with van der Waals surface area (Å²) in [4.78, 5) is 31.0. The van der Waals surface area contributed by atoms with E-state index in [0.29, 0.717) is 29.3 Å². The van der Waals surface area contributed by atoms with Crippen LogP contribution in [0.2, 0.25) is 0 Å². The lowest BCUT2D eigenvalue weighted by molar-refractivity contribution is -0.120. The molecule has 0 saturated carbocycles. The highest BCUT2D eigenvalue weighted by Crippen LogP contribution is 2.38. The van der Waals surface area contributed by atoms with Crippen LogP contribution in [0.4, 0.5) is 5.69 Å². The average Bonchev–Trinajstić information content (AvgIpc) is 3.33. The first-order valence-corrected chi connectivity index (χ1v) is 10.7. The van der Waals surface area contributed by atoms with Gasteiger partial charge in [-0.05, 0) is 49.3 Å². The number of anilines is 1. The molecule has 0 unspecified atom stereocenters. The van der Waals surface area contributed by atoms with E-state index in [-0.39, 0.29) is 11.8 Å². The molecular weight excluding hydrogens is 372 g/mol. The Hall–Kier alpha value is -2.60. The molecule has 0 bridgehead atoms. The molecule has 1 fully saturated rings. The summed E-state index contributed by atoms with van der Waals surface area (Å²) in [6.07, 6.45) is 4.15. The minimum atomic E-state index is -0.249. The number of hydrogen-bond donors (Lipinski definition) is 0. The smallest absolute Gasteiger partial charge is 0.282 e. The number of rotatable bonds is 6. The number of carbonyl (C=O) groups is 2. The fourth-order valence-corrected chi connectivity index (χ4v) is 4.50. The van der Waals surface area contributed by atoms with Gasteiger partial charge in [0.25, 0.3) is 11.8 Å². The molecule has 0 spiro atoms. The minimum Gasteiger partial charge on any atom is -0.494 e. The lowest BCUT2D eigenvalue weighted by Gasteiger charge is -2.29. The largest absolute Gasteiger partial charge is 0.494 e. The third kappa shape index (κ3) is 3.44. The lowest BCUT2D eigenvalue weighted by Crippen LogP contribution is -2.37. The van der Waals surface area contributed by atoms with E-state index >= 15 is 0 Å². The van der Waals surface area contributed by atoms with Gasteiger partial charge in [-0.1, -0.05) is 19.1 Å². The van der Waals surface area contributed by atoms with Crippen molar-refractivity contribution in [3.8, 4) is 5.75 Å². The van der Waals surface area contributed by atoms with Crippen LogP contribution in [-0.4, -0.2) is 36.4 Å². The number of piperidine rings is 1. The lowest BCUT2D eigenvalue weighted by atomic mass is 10.1. The molecule has 2 amide bonds. The Morgan fingerprint density at radius 1 is 1.04 bits per heavy atom. The molecule has 0 radical (unpaired) electrons. The van der Waals surface area contributed by atoms with Crippen LogP contribution < -0.4 is 9.64 Å². The molecule has 3 heterocycles. The molecule has 2 aliphatic rings. The zero-order valence-corrected chi connectivity index (χ0v) is 16.8. The Balaban J connectivity index is 1.72. The summed E-state index contributed by atoms with van der Waals surface area (Å²) in [5, 5.41) is 1.94. The number of carbonyl (C=O) groups excluding carboxylic acids is 2. The number of amides is 2. The van der Waals surface area contributed by atoms with Gasteiger partial charge in [0.1, 0.15) is 11.4 Å². The molecule has 28 heavy (non-hydrogen) atoms. The molecule has 146 valence electrons. The number of hydrogen-bond acceptors (Lipinski definition) is 5. The van der Waals surface area contributed by atoms with Crippen LogP contribution in [0.1, 0.15) is 37.5 Å². The zero-order valence-electron chi connectivity index (χ0n) is 16.0. The summed E-state index contributed by atoms with van der Waals surface area (Å²) in [7, 11) is 0. The third-order valence-corrected chi connectivity index (χ3v) is 5.94. The van der Waals surface area contributed by atoms with E-state index in [1.54, 1.807) is 12.1 Å². The average molecular weight is 397 g/mol. The third-order valence-electron chi connectivity index (χ3n) is 5.05. The number of imide groups is 1. The van der Waals surface area contributed by atoms with E-state index in [9.17, 15) is 9.59 Å². The molecule has 4 rings (SSSR count). The molecule has 0 aliphatic carbocycles. The van der Waals surface area contributed by atoms with Crippen molar-refractivity contribution in [2.75, 3.05) is 24.6 Å². The van der Waals surface area contributed by atoms with Crippen molar-refractivity contribution >= 4 is 34.4 Å². The molecule has 1 aromatic carbocycles. The second kappa shape index (κ2) is 8.19. The minimum absolute atomic E-state index is 0.233. The van der Waals surface area contributed by atoms with Gasteiger partial charge in [-0.25, -0.2) is 4.90 Å². The number of ether oxygens (including phenoxy) is 1. The van der Waals surface area contributed by atoms with Crippen LogP contribution in [0.5, 0.6) is 5.75 Å². The van der Waals surface area contributed by atoms with Gasteiger partial charge in [0.2, 0.25) is 0 Å². The zero-order chi connectivity index (χ0) is 19.5. The van der Waals surface area contributed by atoms with E-state index in [4.69, 9.17) is 4.74 Å². The van der Waals surface area contributed by atoms with Gasteiger partial charge < -0.3 is 9.64 Å². The number of likely N-dealkylation sites (tertiary alicyclic amines) is 1. The fourth-order valence-electron chi connectivity index (χ4n) is 3.74. The monoisotopic (exact) mass is 396 g/mol. The SMILES string of the molecule is CCCOc1cccc(N2C(=O)C(c3cccs3)=C(N3CCCCC3)C2=O)c1. The molecule has 0 N–H and O–H groups in total. The van der Waals surface area contributed by atoms with Gasteiger partial charge in [-0.2, -0.15) is 0 Å². The van der Waals surface area contributed by atoms with Gasteiger partial charge >= 0.3 is 0 Å². The van der Waals surface area contributed by atoms with Gasteiger partial charge in [0.05, 0.1) is 17.9 Å². The maximum Gasteiger partial charge on any atom is 0.282 e. The van der Waals surface area contributed by atoms with Gasteiger partial charge in [0.15, 0.2) is 0 Å². The van der Waals surface area contributed by atoms with Crippen molar-refractivity contribution in [3.63, 3.8) is 0 Å². The van der Waals surface area contributed by atoms with E-state index < -0.39 is 0 Å². The van der Waals surface area contributed by atoms with Crippen molar-refractivity contribution in [1.82, 2.24) is 4.90 Å². The number of thiophene rings is 1. The number of nitrogens with zero attached hydrogens (tertiary/aromatic N) is 2. The van der Waals surface area contributed by atoms with Gasteiger partial charge in [-0.15, -0.1) is 11.3 Å². The van der Waals surface area contributed by atoms with Crippen LogP contribution in [0.3, 0.4) is 0 Å². The highest BCUT2D eigenvalue weighted by Gasteiger charge is 2.43. The Bertz CT molecular complexity index is 898. The van der Waals surface area contributed by atoms with Crippen molar-refractivity contribution < 1.29 is 14.3 Å². The summed E-state index contributed by atoms with van der Waals surface area (Å²) >= 11 is 1.50. The fraction of sp³-hybridized carbons (Fsp3) is 0.364. The first-order chi connectivity index (χ1) is 13.7. The second-order valence-electron chi connectivity index (χ2n) is 7.04. The molecule has 6 heteroatoms. The highest BCUT2D eigenvalue weighted by atomic mass is 32.1. The van der Waals surface area contributed by atoms with E-state index in [2.05, 4.69) is 4.90 Å². The molecule has 1 saturated heterocycles. The molecule has 1 aromatic heterocycles. The van der Waals surface area contributed by atoms with Gasteiger partial charge in [-0.3, -0.25) is 9.59 Å². The highest BCUT2D eigenvalue weighted by molar-refractivity contribution is 7.11. The van der Waals surface area contributed by atoms with Crippen molar-refractivity contribution in [2.45, 2.75) is 32.6 Å². The Morgan fingerprint density at radius 2 is 1.86 bits per heavy atom. The molecular formula is C22H24N2O3S. The Labute approximate surface area is 169 Å². The molecule has 2 aromatic rings. The maximum absolute atomic E-state index is 13.4. The topological polar surface area (TPSA) is 49.9 Å². The second-order valence-corrected chi connectivity index (χ2v) is 7.99. The summed E-state index contributed by atoms with van der Waals surface area (Å²) in [5.41, 5.74) is 1.64. The van der Waals surface area contributed by atoms with E-state index in [0.717, 1.165) is 37.2 Å². The quantitative estimate of drug-likeness (QED) is 0.683. The summed E-state index contributed by atoms with van der Waals surface area (Å²) in [6.45, 7) is 4.27. The van der Waals surface area contributed by atoms with Crippen LogP contribution >= 0.6 is 11.3 Å². The van der Waals surface area contributed by atoms with E-state index in [1.165, 1.54) is 22.7 Å². The summed E-state index contributed by atoms with van der Waals surface area (Å²) in [5.74, 6) is 0.188. The first-order valence-electron chi connectivity index (χ1n) is 9.85. The van der Waals surface area contributed by atoms with Crippen LogP contribution in [0.25, 0.3) is 5.57 Å². The molecule has 0 atom stereocenters. The predicted octanol–water partition coefficient (Wildman–Crippen LogP) is 4.31. The predicted molar refractivity (Wildman–Crippen MR) is 111 cm³/mol. The van der Waals surface area contributed by atoms with E-state index in [1.807, 2.05) is 36.6 Å². The molecule has 2 aliphatic heterocycles. The van der Waals surface area contributed by atoms with Crippen molar-refractivity contribution in [3.05, 3.63) is 52.4 Å². The van der Waals surface area contributed by atoms with Crippen LogP contribution in [0, 0.1) is 0 Å². The summed E-state index contributed by atoms with van der Waals surface area (Å²) < 4.78 is 5.70. The van der Waals surface area contributed by atoms with Crippen molar-refractivity contribution in [1.29, 1.82) is 0 Å².